The zero-order valence-corrected chi connectivity index (χ0v) is 24.8. The third-order valence-electron chi connectivity index (χ3n) is 8.22. The Morgan fingerprint density at radius 1 is 1.08 bits per heavy atom. The number of ether oxygens (including phenoxy) is 2. The number of amides is 2. The zero-order chi connectivity index (χ0) is 27.9. The van der Waals surface area contributed by atoms with Crippen molar-refractivity contribution in [2.24, 2.45) is 5.92 Å². The van der Waals surface area contributed by atoms with Crippen LogP contribution in [0.25, 0.3) is 0 Å². The van der Waals surface area contributed by atoms with Crippen molar-refractivity contribution in [2.45, 2.75) is 95.1 Å². The van der Waals surface area contributed by atoms with Gasteiger partial charge in [-0.05, 0) is 72.0 Å². The van der Waals surface area contributed by atoms with Gasteiger partial charge in [0.2, 0.25) is 11.8 Å². The minimum Gasteiger partial charge on any atom is -0.493 e. The highest BCUT2D eigenvalue weighted by molar-refractivity contribution is 14.1. The molecule has 216 valence electrons. The fourth-order valence-corrected chi connectivity index (χ4v) is 7.01. The van der Waals surface area contributed by atoms with Crippen LogP contribution in [0.15, 0.2) is 23.8 Å². The van der Waals surface area contributed by atoms with Crippen LogP contribution in [-0.4, -0.2) is 76.6 Å². The fourth-order valence-electron chi connectivity index (χ4n) is 6.22. The molecule has 4 N–H and O–H groups in total. The summed E-state index contributed by atoms with van der Waals surface area (Å²) >= 11 is 2.10. The van der Waals surface area contributed by atoms with Gasteiger partial charge in [-0.1, -0.05) is 32.1 Å². The summed E-state index contributed by atoms with van der Waals surface area (Å²) in [7, 11) is 1.51. The van der Waals surface area contributed by atoms with Crippen molar-refractivity contribution in [3.05, 3.63) is 32.9 Å². The molecule has 39 heavy (non-hydrogen) atoms. The quantitative estimate of drug-likeness (QED) is 0.285. The van der Waals surface area contributed by atoms with Crippen LogP contribution >= 0.6 is 22.6 Å². The number of nitrogens with zero attached hydrogens (tertiary/aromatic N) is 1. The average molecular weight is 657 g/mol. The topological polar surface area (TPSA) is 129 Å². The molecule has 1 aromatic rings. The van der Waals surface area contributed by atoms with Gasteiger partial charge in [0.25, 0.3) is 0 Å². The Hall–Kier alpha value is -1.89. The van der Waals surface area contributed by atoms with Gasteiger partial charge in [0.05, 0.1) is 29.9 Å². The molecule has 3 aliphatic carbocycles. The molecule has 2 saturated carbocycles. The molecule has 2 fully saturated rings. The lowest BCUT2D eigenvalue weighted by Gasteiger charge is -2.46. The summed E-state index contributed by atoms with van der Waals surface area (Å²) in [5.41, 5.74) is 1.08. The second-order valence-electron chi connectivity index (χ2n) is 10.8. The average Bonchev–Trinajstić information content (AvgIpc) is 3.50. The Kier molecular flexibility index (Phi) is 10.9. The molecule has 0 unspecified atom stereocenters. The SMILES string of the molecule is COc1cc(CO)cc(I)c1O[C@H]1C=C(C(=O)NCCO)C[C@@H](N(C(=O)C2CCCC2)C2CCCCC2)[C@@H]1O. The van der Waals surface area contributed by atoms with E-state index in [0.29, 0.717) is 26.2 Å². The first-order valence-electron chi connectivity index (χ1n) is 14.1. The monoisotopic (exact) mass is 656 g/mol. The van der Waals surface area contributed by atoms with E-state index in [-0.39, 0.29) is 50.0 Å². The maximum atomic E-state index is 14.0. The summed E-state index contributed by atoms with van der Waals surface area (Å²) in [6.07, 6.45) is 8.62. The van der Waals surface area contributed by atoms with Gasteiger partial charge in [-0.2, -0.15) is 0 Å². The van der Waals surface area contributed by atoms with Crippen molar-refractivity contribution >= 4 is 34.4 Å². The van der Waals surface area contributed by atoms with Crippen molar-refractivity contribution < 1.29 is 34.4 Å². The van der Waals surface area contributed by atoms with Crippen LogP contribution in [0.4, 0.5) is 0 Å². The Morgan fingerprint density at radius 2 is 1.77 bits per heavy atom. The van der Waals surface area contributed by atoms with Crippen molar-refractivity contribution in [1.82, 2.24) is 10.2 Å². The molecular formula is C29H41IN2O7. The number of methoxy groups -OCH3 is 1. The lowest BCUT2D eigenvalue weighted by atomic mass is 9.84. The van der Waals surface area contributed by atoms with Crippen LogP contribution < -0.4 is 14.8 Å². The molecule has 0 bridgehead atoms. The van der Waals surface area contributed by atoms with Gasteiger partial charge in [0.15, 0.2) is 11.5 Å². The van der Waals surface area contributed by atoms with Gasteiger partial charge in [-0.15, -0.1) is 0 Å². The zero-order valence-electron chi connectivity index (χ0n) is 22.6. The molecule has 1 aromatic carbocycles. The van der Waals surface area contributed by atoms with Crippen molar-refractivity contribution in [3.63, 3.8) is 0 Å². The van der Waals surface area contributed by atoms with Crippen molar-refractivity contribution in [2.75, 3.05) is 20.3 Å². The second-order valence-corrected chi connectivity index (χ2v) is 12.0. The van der Waals surface area contributed by atoms with Crippen molar-refractivity contribution in [1.29, 1.82) is 0 Å². The Balaban J connectivity index is 1.71. The van der Waals surface area contributed by atoms with E-state index in [9.17, 15) is 24.9 Å². The standard InChI is InChI=1S/C29H41IN2O7/c1-38-25-14-18(17-34)13-22(30)27(25)39-24-16-20(28(36)31-11-12-33)15-23(26(24)35)32(21-9-3-2-4-10-21)29(37)19-7-5-6-8-19/h13-14,16,19,21,23-24,26,33-35H,2-12,15,17H2,1H3,(H,31,36)/t23-,24+,26+/m1/s1. The molecule has 10 heteroatoms. The Bertz CT molecular complexity index is 1040. The van der Waals surface area contributed by atoms with E-state index < -0.39 is 18.2 Å². The largest absolute Gasteiger partial charge is 0.493 e. The minimum atomic E-state index is -1.07. The number of benzene rings is 1. The number of hydrogen-bond acceptors (Lipinski definition) is 7. The number of hydrogen-bond donors (Lipinski definition) is 4. The normalized spacial score (nSPS) is 24.2. The molecule has 9 nitrogen and oxygen atoms in total. The fraction of sp³-hybridized carbons (Fsp3) is 0.655. The van der Waals surface area contributed by atoms with Crippen LogP contribution in [0, 0.1) is 9.49 Å². The molecule has 0 aliphatic heterocycles. The summed E-state index contributed by atoms with van der Waals surface area (Å²) in [5.74, 6) is 0.495. The van der Waals surface area contributed by atoms with Crippen LogP contribution in [0.5, 0.6) is 11.5 Å². The predicted molar refractivity (Wildman–Crippen MR) is 154 cm³/mol. The molecular weight excluding hydrogens is 615 g/mol. The van der Waals surface area contributed by atoms with E-state index in [0.717, 1.165) is 57.8 Å². The molecule has 0 spiro atoms. The number of carbonyl (C=O) groups is 2. The highest BCUT2D eigenvalue weighted by Gasteiger charge is 2.45. The van der Waals surface area contributed by atoms with E-state index in [1.165, 1.54) is 7.11 Å². The molecule has 0 aromatic heterocycles. The third-order valence-corrected chi connectivity index (χ3v) is 9.03. The molecule has 0 saturated heterocycles. The van der Waals surface area contributed by atoms with Gasteiger partial charge in [0.1, 0.15) is 12.2 Å². The third kappa shape index (κ3) is 7.07. The molecule has 3 atom stereocenters. The van der Waals surface area contributed by atoms with E-state index in [1.807, 2.05) is 4.90 Å². The van der Waals surface area contributed by atoms with Gasteiger partial charge < -0.3 is 35.0 Å². The smallest absolute Gasteiger partial charge is 0.247 e. The minimum absolute atomic E-state index is 0.0190. The summed E-state index contributed by atoms with van der Waals surface area (Å²) in [5, 5.41) is 33.4. The highest BCUT2D eigenvalue weighted by Crippen LogP contribution is 2.39. The van der Waals surface area contributed by atoms with Gasteiger partial charge in [-0.3, -0.25) is 9.59 Å². The number of carbonyl (C=O) groups excluding carboxylic acids is 2. The Labute approximate surface area is 244 Å². The number of aliphatic hydroxyl groups excluding tert-OH is 3. The first-order valence-corrected chi connectivity index (χ1v) is 15.2. The van der Waals surface area contributed by atoms with Gasteiger partial charge >= 0.3 is 0 Å². The molecule has 3 aliphatic rings. The van der Waals surface area contributed by atoms with E-state index >= 15 is 0 Å². The Morgan fingerprint density at radius 3 is 2.41 bits per heavy atom. The number of aliphatic hydroxyl groups is 3. The first kappa shape index (κ1) is 30.1. The van der Waals surface area contributed by atoms with E-state index in [4.69, 9.17) is 9.47 Å². The maximum absolute atomic E-state index is 14.0. The molecule has 4 rings (SSSR count). The van der Waals surface area contributed by atoms with Crippen molar-refractivity contribution in [3.8, 4) is 11.5 Å². The van der Waals surface area contributed by atoms with Gasteiger partial charge in [0, 0.05) is 30.5 Å². The van der Waals surface area contributed by atoms with E-state index in [2.05, 4.69) is 27.9 Å². The summed E-state index contributed by atoms with van der Waals surface area (Å²) in [4.78, 5) is 29.0. The molecule has 0 radical (unpaired) electrons. The van der Waals surface area contributed by atoms with Gasteiger partial charge in [-0.25, -0.2) is 0 Å². The number of halogens is 1. The molecule has 0 heterocycles. The lowest BCUT2D eigenvalue weighted by Crippen LogP contribution is -2.59. The number of nitrogens with one attached hydrogen (secondary N) is 1. The van der Waals surface area contributed by atoms with Crippen LogP contribution in [0.3, 0.4) is 0 Å². The maximum Gasteiger partial charge on any atom is 0.247 e. The number of rotatable bonds is 10. The summed E-state index contributed by atoms with van der Waals surface area (Å²) in [6, 6.07) is 2.86. The summed E-state index contributed by atoms with van der Waals surface area (Å²) < 4.78 is 12.6. The second kappa shape index (κ2) is 14.1. The van der Waals surface area contributed by atoms with Crippen LogP contribution in [0.2, 0.25) is 0 Å². The summed E-state index contributed by atoms with van der Waals surface area (Å²) in [6.45, 7) is -0.238. The highest BCUT2D eigenvalue weighted by atomic mass is 127. The van der Waals surface area contributed by atoms with Crippen LogP contribution in [-0.2, 0) is 16.2 Å². The first-order chi connectivity index (χ1) is 18.9. The predicted octanol–water partition coefficient (Wildman–Crippen LogP) is 3.06. The lowest BCUT2D eigenvalue weighted by molar-refractivity contribution is -0.147. The molecule has 2 amide bonds. The van der Waals surface area contributed by atoms with Crippen LogP contribution in [0.1, 0.15) is 69.8 Å². The van der Waals surface area contributed by atoms with E-state index in [1.54, 1.807) is 18.2 Å².